The van der Waals surface area contributed by atoms with E-state index in [4.69, 9.17) is 18.5 Å². The minimum Gasteiger partial charge on any atom is -0.462 e. The lowest BCUT2D eigenvalue weighted by Gasteiger charge is -2.24. The quantitative estimate of drug-likeness (QED) is 0.0241. The van der Waals surface area contributed by atoms with Gasteiger partial charge in [0, 0.05) is 12.8 Å². The number of quaternary nitrogens is 1. The highest BCUT2D eigenvalue weighted by Crippen LogP contribution is 2.43. The number of esters is 2. The normalized spacial score (nSPS) is 14.0. The van der Waals surface area contributed by atoms with Gasteiger partial charge < -0.3 is 18.9 Å². The van der Waals surface area contributed by atoms with Gasteiger partial charge in [-0.2, -0.15) is 0 Å². The van der Waals surface area contributed by atoms with Crippen LogP contribution in [0.15, 0.2) is 12.2 Å². The van der Waals surface area contributed by atoms with Crippen LogP contribution in [-0.2, 0) is 32.7 Å². The average Bonchev–Trinajstić information content (AvgIpc) is 2.98. The Balaban J connectivity index is 3.97. The molecule has 0 aromatic rings. The molecule has 0 rings (SSSR count). The predicted molar refractivity (Wildman–Crippen MR) is 188 cm³/mol. The third-order valence-electron chi connectivity index (χ3n) is 7.77. The average molecular weight is 677 g/mol. The highest BCUT2D eigenvalue weighted by atomic mass is 31.2. The summed E-state index contributed by atoms with van der Waals surface area (Å²) in [6.07, 6.45) is 28.6. The van der Waals surface area contributed by atoms with Gasteiger partial charge in [0.05, 0.1) is 27.7 Å². The maximum atomic E-state index is 12.4. The van der Waals surface area contributed by atoms with Crippen LogP contribution in [0.2, 0.25) is 0 Å². The van der Waals surface area contributed by atoms with Crippen molar-refractivity contribution in [2.75, 3.05) is 47.5 Å². The van der Waals surface area contributed by atoms with Crippen LogP contribution in [0.5, 0.6) is 0 Å². The SMILES string of the molecule is CCCCCCCCCC/C=C\CCCCCCCCCCCC(=O)OC(COC(=O)CCC)COP(=O)(O)OCC[N+](C)(C)C. The maximum Gasteiger partial charge on any atom is 0.472 e. The monoisotopic (exact) mass is 676 g/mol. The summed E-state index contributed by atoms with van der Waals surface area (Å²) in [4.78, 5) is 34.2. The zero-order valence-corrected chi connectivity index (χ0v) is 31.2. The second kappa shape index (κ2) is 29.9. The van der Waals surface area contributed by atoms with E-state index in [1.807, 2.05) is 28.1 Å². The molecule has 0 heterocycles. The molecule has 0 fully saturated rings. The molecule has 0 aromatic heterocycles. The minimum absolute atomic E-state index is 0.0320. The zero-order valence-electron chi connectivity index (χ0n) is 30.3. The van der Waals surface area contributed by atoms with E-state index in [9.17, 15) is 19.0 Å². The Labute approximate surface area is 282 Å². The van der Waals surface area contributed by atoms with E-state index in [1.165, 1.54) is 96.3 Å². The molecule has 0 aromatic carbocycles. The van der Waals surface area contributed by atoms with Crippen molar-refractivity contribution < 1.29 is 42.1 Å². The smallest absolute Gasteiger partial charge is 0.462 e. The summed E-state index contributed by atoms with van der Waals surface area (Å²) in [6, 6.07) is 0. The Morgan fingerprint density at radius 2 is 1.15 bits per heavy atom. The second-order valence-electron chi connectivity index (χ2n) is 13.6. The van der Waals surface area contributed by atoms with E-state index in [0.717, 1.165) is 19.3 Å². The fourth-order valence-electron chi connectivity index (χ4n) is 4.87. The van der Waals surface area contributed by atoms with Gasteiger partial charge in [0.15, 0.2) is 6.10 Å². The summed E-state index contributed by atoms with van der Waals surface area (Å²) < 4.78 is 33.5. The predicted octanol–water partition coefficient (Wildman–Crippen LogP) is 9.46. The number of nitrogens with zero attached hydrogens (tertiary/aromatic N) is 1. The van der Waals surface area contributed by atoms with Crippen LogP contribution in [0.25, 0.3) is 0 Å². The fourth-order valence-corrected chi connectivity index (χ4v) is 5.61. The van der Waals surface area contributed by atoms with Crippen LogP contribution in [0.3, 0.4) is 0 Å². The van der Waals surface area contributed by atoms with Gasteiger partial charge in [-0.3, -0.25) is 18.6 Å². The topological polar surface area (TPSA) is 108 Å². The minimum atomic E-state index is -4.34. The Morgan fingerprint density at radius 1 is 0.652 bits per heavy atom. The van der Waals surface area contributed by atoms with Gasteiger partial charge in [0.25, 0.3) is 0 Å². The summed E-state index contributed by atoms with van der Waals surface area (Å²) in [7, 11) is 1.47. The van der Waals surface area contributed by atoms with Crippen molar-refractivity contribution >= 4 is 19.8 Å². The molecule has 0 aliphatic rings. The Bertz CT molecular complexity index is 814. The molecule has 0 spiro atoms. The number of unbranched alkanes of at least 4 members (excludes halogenated alkanes) is 17. The molecule has 10 heteroatoms. The van der Waals surface area contributed by atoms with Gasteiger partial charge in [0.1, 0.15) is 19.8 Å². The van der Waals surface area contributed by atoms with Gasteiger partial charge in [0.2, 0.25) is 0 Å². The molecule has 0 saturated heterocycles. The molecule has 272 valence electrons. The molecule has 2 atom stereocenters. The number of allylic oxidation sites excluding steroid dienone is 2. The Hall–Kier alpha value is -1.25. The molecule has 46 heavy (non-hydrogen) atoms. The second-order valence-corrected chi connectivity index (χ2v) is 15.1. The van der Waals surface area contributed by atoms with E-state index in [2.05, 4.69) is 19.1 Å². The van der Waals surface area contributed by atoms with Crippen molar-refractivity contribution in [1.29, 1.82) is 0 Å². The third kappa shape index (κ3) is 32.7. The lowest BCUT2D eigenvalue weighted by atomic mass is 10.1. The standard InChI is InChI=1S/C36H70NO8P/c1-6-8-9-10-11-12-13-14-15-16-17-18-19-20-21-22-23-24-25-26-27-29-36(39)45-34(32-42-35(38)28-7-2)33-44-46(40,41)43-31-30-37(3,4)5/h16-17,34H,6-15,18-33H2,1-5H3/p+1/b17-16-. The van der Waals surface area contributed by atoms with Crippen molar-refractivity contribution in [1.82, 2.24) is 0 Å². The first-order valence-electron chi connectivity index (χ1n) is 18.4. The van der Waals surface area contributed by atoms with Gasteiger partial charge in [-0.05, 0) is 38.5 Å². The molecule has 0 amide bonds. The number of rotatable bonds is 33. The van der Waals surface area contributed by atoms with Crippen molar-refractivity contribution in [3.8, 4) is 0 Å². The van der Waals surface area contributed by atoms with E-state index in [-0.39, 0.29) is 26.1 Å². The van der Waals surface area contributed by atoms with Crippen LogP contribution in [-0.4, -0.2) is 74.9 Å². The fraction of sp³-hybridized carbons (Fsp3) is 0.889. The lowest BCUT2D eigenvalue weighted by molar-refractivity contribution is -0.870. The number of likely N-dealkylation sites (N-methyl/N-ethyl adjacent to an activating group) is 1. The Kier molecular flexibility index (Phi) is 29.0. The number of hydrogen-bond donors (Lipinski definition) is 1. The highest BCUT2D eigenvalue weighted by molar-refractivity contribution is 7.47. The molecular formula is C36H71NO8P+. The molecule has 0 aliphatic carbocycles. The van der Waals surface area contributed by atoms with E-state index in [0.29, 0.717) is 23.9 Å². The first-order chi connectivity index (χ1) is 22.0. The highest BCUT2D eigenvalue weighted by Gasteiger charge is 2.27. The number of phosphoric acid groups is 1. The summed E-state index contributed by atoms with van der Waals surface area (Å²) in [5.41, 5.74) is 0. The molecule has 2 unspecified atom stereocenters. The van der Waals surface area contributed by atoms with Crippen LogP contribution in [0.4, 0.5) is 0 Å². The van der Waals surface area contributed by atoms with E-state index in [1.54, 1.807) is 0 Å². The number of carbonyl (C=O) groups is 2. The van der Waals surface area contributed by atoms with Gasteiger partial charge in [-0.15, -0.1) is 0 Å². The molecular weight excluding hydrogens is 605 g/mol. The van der Waals surface area contributed by atoms with Crippen LogP contribution < -0.4 is 0 Å². The first kappa shape index (κ1) is 44.8. The largest absolute Gasteiger partial charge is 0.472 e. The van der Waals surface area contributed by atoms with Gasteiger partial charge >= 0.3 is 19.8 Å². The number of ether oxygens (including phenoxy) is 2. The first-order valence-corrected chi connectivity index (χ1v) is 19.9. The number of phosphoric ester groups is 1. The van der Waals surface area contributed by atoms with Gasteiger partial charge in [-0.25, -0.2) is 4.57 Å². The van der Waals surface area contributed by atoms with Crippen molar-refractivity contribution in [2.45, 2.75) is 161 Å². The number of hydrogen-bond acceptors (Lipinski definition) is 7. The molecule has 0 bridgehead atoms. The molecule has 1 N–H and O–H groups in total. The van der Waals surface area contributed by atoms with E-state index >= 15 is 0 Å². The number of carbonyl (C=O) groups excluding carboxylic acids is 2. The summed E-state index contributed by atoms with van der Waals surface area (Å²) in [5, 5.41) is 0. The summed E-state index contributed by atoms with van der Waals surface area (Å²) >= 11 is 0. The molecule has 0 saturated carbocycles. The maximum absolute atomic E-state index is 12.4. The van der Waals surface area contributed by atoms with Gasteiger partial charge in [-0.1, -0.05) is 116 Å². The Morgan fingerprint density at radius 3 is 1.65 bits per heavy atom. The van der Waals surface area contributed by atoms with Crippen LogP contribution in [0.1, 0.15) is 155 Å². The summed E-state index contributed by atoms with van der Waals surface area (Å²) in [6.45, 7) is 4.03. The van der Waals surface area contributed by atoms with Crippen LogP contribution >= 0.6 is 7.82 Å². The molecule has 0 radical (unpaired) electrons. The lowest BCUT2D eigenvalue weighted by Crippen LogP contribution is -2.37. The van der Waals surface area contributed by atoms with E-state index < -0.39 is 32.5 Å². The third-order valence-corrected chi connectivity index (χ3v) is 8.75. The molecule has 0 aliphatic heterocycles. The zero-order chi connectivity index (χ0) is 34.4. The van der Waals surface area contributed by atoms with Crippen molar-refractivity contribution in [2.24, 2.45) is 0 Å². The van der Waals surface area contributed by atoms with Crippen molar-refractivity contribution in [3.63, 3.8) is 0 Å². The summed E-state index contributed by atoms with van der Waals surface area (Å²) in [5.74, 6) is -0.859. The van der Waals surface area contributed by atoms with Crippen LogP contribution in [0, 0.1) is 0 Å². The van der Waals surface area contributed by atoms with Crippen molar-refractivity contribution in [3.05, 3.63) is 12.2 Å². The molecule has 9 nitrogen and oxygen atoms in total.